The van der Waals surface area contributed by atoms with Gasteiger partial charge in [0.05, 0.1) is 24.2 Å². The first-order valence-electron chi connectivity index (χ1n) is 20.0. The summed E-state index contributed by atoms with van der Waals surface area (Å²) in [5.74, 6) is -3.65. The van der Waals surface area contributed by atoms with E-state index >= 15 is 0 Å². The lowest BCUT2D eigenvalue weighted by Crippen LogP contribution is -2.70. The monoisotopic (exact) mass is 811 g/mol. The molecule has 1 aromatic rings. The molecule has 0 spiro atoms. The molecular formula is C44H61NO13. The van der Waals surface area contributed by atoms with Crippen molar-refractivity contribution in [3.8, 4) is 0 Å². The molecular weight excluding hydrogens is 750 g/mol. The van der Waals surface area contributed by atoms with Gasteiger partial charge in [0.2, 0.25) is 5.91 Å². The van der Waals surface area contributed by atoms with E-state index in [-0.39, 0.29) is 49.9 Å². The van der Waals surface area contributed by atoms with Gasteiger partial charge in [0.1, 0.15) is 30.0 Å². The lowest BCUT2D eigenvalue weighted by molar-refractivity contribution is -0.291. The molecule has 4 rings (SSSR count). The molecule has 1 unspecified atom stereocenters. The summed E-state index contributed by atoms with van der Waals surface area (Å²) in [4.78, 5) is 66.7. The third-order valence-corrected chi connectivity index (χ3v) is 12.4. The molecule has 1 saturated heterocycles. The zero-order valence-corrected chi connectivity index (χ0v) is 34.5. The highest BCUT2D eigenvalue weighted by molar-refractivity contribution is 5.92. The SMILES string of the molecule is C=CCCCC(=O)N[C@@H](c1ccccc1)[C@@H](O)C(=O)OC1C[C@@](O)([C@H](C)OC(=O)CCCC=C)C(C)(C)C([C@@H](O)C(=O)[C@@]2(C)C[C@]3(OC(C)=O)CO[C@@H]3C[C@@H]2O)=C1C. The molecule has 320 valence electrons. The first kappa shape index (κ1) is 46.5. The topological polar surface area (TPSA) is 215 Å². The van der Waals surface area contributed by atoms with E-state index in [0.29, 0.717) is 31.2 Å². The third kappa shape index (κ3) is 9.47. The van der Waals surface area contributed by atoms with Crippen molar-refractivity contribution in [2.24, 2.45) is 10.8 Å². The first-order valence-corrected chi connectivity index (χ1v) is 20.0. The summed E-state index contributed by atoms with van der Waals surface area (Å²) < 4.78 is 23.0. The maximum absolute atomic E-state index is 14.7. The number of hydrogen-bond donors (Lipinski definition) is 5. The van der Waals surface area contributed by atoms with E-state index in [2.05, 4.69) is 18.5 Å². The average molecular weight is 812 g/mol. The van der Waals surface area contributed by atoms with E-state index in [4.69, 9.17) is 18.9 Å². The maximum Gasteiger partial charge on any atom is 0.338 e. The number of ketones is 1. The van der Waals surface area contributed by atoms with Crippen LogP contribution in [0.25, 0.3) is 0 Å². The Kier molecular flexibility index (Phi) is 15.1. The number of hydrogen-bond acceptors (Lipinski definition) is 13. The minimum Gasteiger partial charge on any atom is -0.460 e. The highest BCUT2D eigenvalue weighted by Crippen LogP contribution is 2.55. The number of Topliss-reactive ketones (excluding diaryl/α,β-unsaturated/α-hetero) is 1. The molecule has 1 amide bonds. The molecule has 0 radical (unpaired) electrons. The van der Waals surface area contributed by atoms with Gasteiger partial charge in [0.25, 0.3) is 0 Å². The average Bonchev–Trinajstić information content (AvgIpc) is 3.16. The summed E-state index contributed by atoms with van der Waals surface area (Å²) in [5.41, 5.74) is -5.98. The second-order valence-electron chi connectivity index (χ2n) is 16.7. The fourth-order valence-corrected chi connectivity index (χ4v) is 8.85. The fraction of sp³-hybridized carbons (Fsp3) is 0.614. The third-order valence-electron chi connectivity index (χ3n) is 12.4. The molecule has 3 aliphatic rings. The van der Waals surface area contributed by atoms with Gasteiger partial charge in [-0.1, -0.05) is 56.3 Å². The highest BCUT2D eigenvalue weighted by atomic mass is 16.6. The number of unbranched alkanes of at least 4 members (excludes halogenated alkanes) is 2. The van der Waals surface area contributed by atoms with Crippen LogP contribution in [0, 0.1) is 10.8 Å². The normalized spacial score (nSPS) is 29.6. The molecule has 1 heterocycles. The molecule has 2 fully saturated rings. The van der Waals surface area contributed by atoms with Crippen molar-refractivity contribution in [2.75, 3.05) is 6.61 Å². The molecule has 5 N–H and O–H groups in total. The molecule has 0 bridgehead atoms. The van der Waals surface area contributed by atoms with Crippen LogP contribution in [0.5, 0.6) is 0 Å². The Labute approximate surface area is 340 Å². The summed E-state index contributed by atoms with van der Waals surface area (Å²) >= 11 is 0. The van der Waals surface area contributed by atoms with Gasteiger partial charge in [0.15, 0.2) is 17.5 Å². The Morgan fingerprint density at radius 1 is 1.02 bits per heavy atom. The largest absolute Gasteiger partial charge is 0.460 e. The van der Waals surface area contributed by atoms with Crippen LogP contribution in [0.4, 0.5) is 0 Å². The van der Waals surface area contributed by atoms with Gasteiger partial charge in [-0.25, -0.2) is 4.79 Å². The van der Waals surface area contributed by atoms with Crippen LogP contribution in [0.15, 0.2) is 66.8 Å². The molecule has 58 heavy (non-hydrogen) atoms. The van der Waals surface area contributed by atoms with Crippen LogP contribution in [0.3, 0.4) is 0 Å². The number of nitrogens with one attached hydrogen (secondary N) is 1. The molecule has 14 nitrogen and oxygen atoms in total. The van der Waals surface area contributed by atoms with Gasteiger partial charge in [-0.05, 0) is 63.2 Å². The Balaban J connectivity index is 1.74. The van der Waals surface area contributed by atoms with Crippen molar-refractivity contribution < 1.29 is 63.3 Å². The fourth-order valence-electron chi connectivity index (χ4n) is 8.85. The number of allylic oxidation sites excluding steroid dienone is 2. The number of fused-ring (bicyclic) bond motifs is 1. The minimum atomic E-state index is -2.09. The van der Waals surface area contributed by atoms with E-state index in [1.54, 1.807) is 56.3 Å². The van der Waals surface area contributed by atoms with Crippen LogP contribution in [0.1, 0.15) is 111 Å². The number of aliphatic hydroxyl groups excluding tert-OH is 3. The number of esters is 3. The van der Waals surface area contributed by atoms with Gasteiger partial charge in [-0.15, -0.1) is 13.2 Å². The summed E-state index contributed by atoms with van der Waals surface area (Å²) in [6.07, 6.45) is -3.67. The number of amides is 1. The first-order chi connectivity index (χ1) is 27.2. The van der Waals surface area contributed by atoms with Gasteiger partial charge in [-0.3, -0.25) is 19.2 Å². The molecule has 0 aromatic heterocycles. The number of ether oxygens (including phenoxy) is 4. The van der Waals surface area contributed by atoms with Gasteiger partial charge in [0, 0.05) is 44.4 Å². The number of carbonyl (C=O) groups excluding carboxylic acids is 5. The quantitative estimate of drug-likeness (QED) is 0.0579. The predicted molar refractivity (Wildman–Crippen MR) is 212 cm³/mol. The number of benzene rings is 1. The lowest BCUT2D eigenvalue weighted by atomic mass is 9.55. The van der Waals surface area contributed by atoms with Gasteiger partial charge in [-0.2, -0.15) is 0 Å². The minimum absolute atomic E-state index is 0.00874. The van der Waals surface area contributed by atoms with E-state index in [0.717, 1.165) is 0 Å². The predicted octanol–water partition coefficient (Wildman–Crippen LogP) is 4.03. The van der Waals surface area contributed by atoms with E-state index in [1.165, 1.54) is 27.7 Å². The van der Waals surface area contributed by atoms with Crippen molar-refractivity contribution in [3.05, 3.63) is 72.4 Å². The number of carbonyl (C=O) groups is 5. The van der Waals surface area contributed by atoms with Crippen molar-refractivity contribution in [1.82, 2.24) is 5.32 Å². The van der Waals surface area contributed by atoms with Crippen molar-refractivity contribution in [2.45, 2.75) is 153 Å². The zero-order chi connectivity index (χ0) is 43.2. The highest BCUT2D eigenvalue weighted by Gasteiger charge is 2.65. The van der Waals surface area contributed by atoms with Crippen molar-refractivity contribution >= 4 is 29.6 Å². The standard InChI is InChI=1S/C44H61NO13/c1-9-11-14-20-33(48)45-36(29-18-16-13-17-19-29)38(51)40(53)57-30-23-44(54,27(4)56-34(49)21-15-12-10-2)41(6,7)35(26(30)3)37(50)39(52)42(8)24-43(58-28(5)46)25-55-32(43)22-31(42)47/h9-10,13,16-19,27,30-32,36-38,47,50-51,54H,1-2,11-12,14-15,20-25H2,3-8H3,(H,45,48)/t27-,30?,31-,32+,36-,37+,38+,42-,43-,44+/m0/s1. The Morgan fingerprint density at radius 2 is 1.64 bits per heavy atom. The second kappa shape index (κ2) is 18.8. The summed E-state index contributed by atoms with van der Waals surface area (Å²) in [6, 6.07) is 7.13. The maximum atomic E-state index is 14.7. The van der Waals surface area contributed by atoms with E-state index < -0.39 is 94.3 Å². The zero-order valence-electron chi connectivity index (χ0n) is 34.5. The number of aliphatic hydroxyl groups is 4. The molecule has 1 aromatic carbocycles. The second-order valence-corrected chi connectivity index (χ2v) is 16.7. The summed E-state index contributed by atoms with van der Waals surface area (Å²) in [7, 11) is 0. The van der Waals surface area contributed by atoms with Crippen LogP contribution in [0.2, 0.25) is 0 Å². The Morgan fingerprint density at radius 3 is 2.21 bits per heavy atom. The van der Waals surface area contributed by atoms with Gasteiger partial charge < -0.3 is 44.7 Å². The summed E-state index contributed by atoms with van der Waals surface area (Å²) in [6.45, 7) is 16.2. The number of rotatable bonds is 19. The Bertz CT molecular complexity index is 1740. The molecule has 14 heteroatoms. The van der Waals surface area contributed by atoms with Crippen molar-refractivity contribution in [1.29, 1.82) is 0 Å². The van der Waals surface area contributed by atoms with Crippen LogP contribution >= 0.6 is 0 Å². The van der Waals surface area contributed by atoms with Crippen molar-refractivity contribution in [3.63, 3.8) is 0 Å². The molecule has 1 saturated carbocycles. The van der Waals surface area contributed by atoms with Crippen LogP contribution < -0.4 is 5.32 Å². The van der Waals surface area contributed by atoms with E-state index in [1.807, 2.05) is 0 Å². The molecule has 2 aliphatic carbocycles. The summed E-state index contributed by atoms with van der Waals surface area (Å²) in [5, 5.41) is 50.5. The Hall–Kier alpha value is -4.21. The van der Waals surface area contributed by atoms with Crippen LogP contribution in [-0.2, 0) is 42.9 Å². The van der Waals surface area contributed by atoms with E-state index in [9.17, 15) is 44.4 Å². The van der Waals surface area contributed by atoms with Gasteiger partial charge >= 0.3 is 17.9 Å². The molecule has 10 atom stereocenters. The smallest absolute Gasteiger partial charge is 0.338 e. The molecule has 1 aliphatic heterocycles. The van der Waals surface area contributed by atoms with Crippen LogP contribution in [-0.4, -0.2) is 104 Å². The lowest BCUT2D eigenvalue weighted by Gasteiger charge is -2.57.